The summed E-state index contributed by atoms with van der Waals surface area (Å²) in [5.41, 5.74) is 0.259. The van der Waals surface area contributed by atoms with E-state index in [4.69, 9.17) is 4.74 Å². The first-order chi connectivity index (χ1) is 14.4. The van der Waals surface area contributed by atoms with E-state index in [1.165, 1.54) is 6.92 Å². The zero-order valence-corrected chi connectivity index (χ0v) is 17.0. The molecule has 0 fully saturated rings. The number of para-hydroxylation sites is 1. The summed E-state index contributed by atoms with van der Waals surface area (Å²) in [5.74, 6) is -0.611. The molecule has 6 nitrogen and oxygen atoms in total. The van der Waals surface area contributed by atoms with E-state index in [9.17, 15) is 20.0 Å². The lowest BCUT2D eigenvalue weighted by Crippen LogP contribution is -2.29. The molecule has 1 N–H and O–H groups in total. The summed E-state index contributed by atoms with van der Waals surface area (Å²) in [6.45, 7) is 5.39. The molecule has 0 spiro atoms. The molecule has 0 aliphatic carbocycles. The molecule has 1 unspecified atom stereocenters. The highest BCUT2D eigenvalue weighted by Gasteiger charge is 2.28. The van der Waals surface area contributed by atoms with Gasteiger partial charge in [-0.1, -0.05) is 42.5 Å². The Hall–Kier alpha value is -3.85. The van der Waals surface area contributed by atoms with Crippen LogP contribution < -0.4 is 10.3 Å². The van der Waals surface area contributed by atoms with Crippen LogP contribution in [0.1, 0.15) is 52.5 Å². The predicted molar refractivity (Wildman–Crippen MR) is 113 cm³/mol. The molecule has 1 heterocycles. The SMILES string of the molecule is CCOc1ccccc1C(=O)c1c(C)c(C#N)c(=O)n(C(C)c2ccccc2)c1O. The fraction of sp³-hybridized carbons (Fsp3) is 0.208. The van der Waals surface area contributed by atoms with E-state index in [-0.39, 0.29) is 22.3 Å². The van der Waals surface area contributed by atoms with E-state index in [0.717, 1.165) is 10.1 Å². The molecule has 0 aliphatic heterocycles. The molecule has 0 aliphatic rings. The molecule has 0 bridgehead atoms. The smallest absolute Gasteiger partial charge is 0.272 e. The van der Waals surface area contributed by atoms with Gasteiger partial charge in [0.15, 0.2) is 0 Å². The summed E-state index contributed by atoms with van der Waals surface area (Å²) < 4.78 is 6.65. The van der Waals surface area contributed by atoms with Gasteiger partial charge in [-0.15, -0.1) is 0 Å². The minimum absolute atomic E-state index is 0.0823. The lowest BCUT2D eigenvalue weighted by Gasteiger charge is -2.21. The molecule has 6 heteroatoms. The first kappa shape index (κ1) is 20.9. The maximum Gasteiger partial charge on any atom is 0.272 e. The molecule has 3 aromatic rings. The average Bonchev–Trinajstić information content (AvgIpc) is 2.75. The van der Waals surface area contributed by atoms with Crippen LogP contribution in [0.2, 0.25) is 0 Å². The maximum atomic E-state index is 13.4. The Morgan fingerprint density at radius 2 is 1.80 bits per heavy atom. The van der Waals surface area contributed by atoms with Gasteiger partial charge in [0.2, 0.25) is 11.7 Å². The van der Waals surface area contributed by atoms with Gasteiger partial charge < -0.3 is 9.84 Å². The summed E-state index contributed by atoms with van der Waals surface area (Å²) in [6, 6.07) is 17.1. The van der Waals surface area contributed by atoms with E-state index >= 15 is 0 Å². The van der Waals surface area contributed by atoms with Crippen LogP contribution in [0.25, 0.3) is 0 Å². The van der Waals surface area contributed by atoms with Crippen LogP contribution in [0.5, 0.6) is 11.6 Å². The number of aromatic nitrogens is 1. The largest absolute Gasteiger partial charge is 0.494 e. The maximum absolute atomic E-state index is 13.4. The van der Waals surface area contributed by atoms with Gasteiger partial charge in [-0.3, -0.25) is 14.2 Å². The molecule has 0 amide bonds. The molecule has 2 aromatic carbocycles. The average molecular weight is 402 g/mol. The number of nitriles is 1. The lowest BCUT2D eigenvalue weighted by atomic mass is 9.96. The fourth-order valence-corrected chi connectivity index (χ4v) is 3.50. The summed E-state index contributed by atoms with van der Waals surface area (Å²) in [6.07, 6.45) is 0. The van der Waals surface area contributed by atoms with Gasteiger partial charge >= 0.3 is 0 Å². The van der Waals surface area contributed by atoms with Crippen molar-refractivity contribution in [3.8, 4) is 17.7 Å². The molecule has 30 heavy (non-hydrogen) atoms. The van der Waals surface area contributed by atoms with E-state index in [2.05, 4.69) is 0 Å². The van der Waals surface area contributed by atoms with Crippen molar-refractivity contribution in [1.29, 1.82) is 5.26 Å². The zero-order chi connectivity index (χ0) is 21.8. The quantitative estimate of drug-likeness (QED) is 0.630. The summed E-state index contributed by atoms with van der Waals surface area (Å²) in [5, 5.41) is 20.6. The number of ketones is 1. The number of nitrogens with zero attached hydrogens (tertiary/aromatic N) is 2. The number of hydrogen-bond acceptors (Lipinski definition) is 5. The highest BCUT2D eigenvalue weighted by atomic mass is 16.5. The van der Waals surface area contributed by atoms with Crippen LogP contribution in [0, 0.1) is 18.3 Å². The van der Waals surface area contributed by atoms with Crippen molar-refractivity contribution in [3.05, 3.63) is 92.8 Å². The van der Waals surface area contributed by atoms with Crippen LogP contribution in [-0.2, 0) is 0 Å². The highest BCUT2D eigenvalue weighted by molar-refractivity contribution is 6.13. The molecular formula is C24H22N2O4. The van der Waals surface area contributed by atoms with Crippen molar-refractivity contribution < 1.29 is 14.6 Å². The second-order valence-electron chi connectivity index (χ2n) is 6.83. The molecule has 3 rings (SSSR count). The topological polar surface area (TPSA) is 92.3 Å². The molecule has 0 radical (unpaired) electrons. The van der Waals surface area contributed by atoms with Gasteiger partial charge in [-0.2, -0.15) is 5.26 Å². The van der Waals surface area contributed by atoms with Crippen LogP contribution in [-0.4, -0.2) is 22.1 Å². The van der Waals surface area contributed by atoms with Crippen LogP contribution in [0.3, 0.4) is 0 Å². The Morgan fingerprint density at radius 1 is 1.17 bits per heavy atom. The van der Waals surface area contributed by atoms with Gasteiger partial charge in [0, 0.05) is 0 Å². The third-order valence-corrected chi connectivity index (χ3v) is 5.07. The molecule has 0 saturated heterocycles. The monoisotopic (exact) mass is 402 g/mol. The van der Waals surface area contributed by atoms with Crippen LogP contribution in [0.4, 0.5) is 0 Å². The van der Waals surface area contributed by atoms with Crippen LogP contribution >= 0.6 is 0 Å². The minimum atomic E-state index is -0.640. The van der Waals surface area contributed by atoms with Crippen molar-refractivity contribution in [2.75, 3.05) is 6.61 Å². The van der Waals surface area contributed by atoms with Crippen molar-refractivity contribution >= 4 is 5.78 Å². The van der Waals surface area contributed by atoms with Gasteiger partial charge in [0.25, 0.3) is 5.56 Å². The predicted octanol–water partition coefficient (Wildman–Crippen LogP) is 3.97. The first-order valence-corrected chi connectivity index (χ1v) is 9.61. The minimum Gasteiger partial charge on any atom is -0.494 e. The molecule has 152 valence electrons. The number of carbonyl (C=O) groups is 1. The first-order valence-electron chi connectivity index (χ1n) is 9.61. The molecule has 1 atom stereocenters. The lowest BCUT2D eigenvalue weighted by molar-refractivity contribution is 0.103. The van der Waals surface area contributed by atoms with E-state index in [1.54, 1.807) is 38.1 Å². The van der Waals surface area contributed by atoms with E-state index < -0.39 is 23.3 Å². The van der Waals surface area contributed by atoms with Gasteiger partial charge in [-0.05, 0) is 44.0 Å². The van der Waals surface area contributed by atoms with Crippen molar-refractivity contribution in [1.82, 2.24) is 4.57 Å². The Bertz CT molecular complexity index is 1190. The fourth-order valence-electron chi connectivity index (χ4n) is 3.50. The van der Waals surface area contributed by atoms with Crippen molar-refractivity contribution in [2.24, 2.45) is 0 Å². The van der Waals surface area contributed by atoms with Crippen LogP contribution in [0.15, 0.2) is 59.4 Å². The van der Waals surface area contributed by atoms with E-state index in [1.807, 2.05) is 36.4 Å². The number of benzene rings is 2. The number of hydrogen-bond donors (Lipinski definition) is 1. The van der Waals surface area contributed by atoms with Crippen molar-refractivity contribution in [2.45, 2.75) is 26.8 Å². The number of aromatic hydroxyl groups is 1. The number of carbonyl (C=O) groups excluding carboxylic acids is 1. The second-order valence-corrected chi connectivity index (χ2v) is 6.83. The molecule has 1 aromatic heterocycles. The Kier molecular flexibility index (Phi) is 6.03. The Balaban J connectivity index is 2.28. The molecular weight excluding hydrogens is 380 g/mol. The van der Waals surface area contributed by atoms with Gasteiger partial charge in [0.1, 0.15) is 17.4 Å². The second kappa shape index (κ2) is 8.66. The Morgan fingerprint density at radius 3 is 2.43 bits per heavy atom. The highest BCUT2D eigenvalue weighted by Crippen LogP contribution is 2.31. The summed E-state index contributed by atoms with van der Waals surface area (Å²) in [4.78, 5) is 26.4. The van der Waals surface area contributed by atoms with Crippen molar-refractivity contribution in [3.63, 3.8) is 0 Å². The standard InChI is InChI=1S/C24H22N2O4/c1-4-30-20-13-9-8-12-18(20)22(27)21-15(2)19(14-25)23(28)26(24(21)29)16(3)17-10-6-5-7-11-17/h5-13,16,29H,4H2,1-3H3. The third-order valence-electron chi connectivity index (χ3n) is 5.07. The number of ether oxygens (including phenoxy) is 1. The summed E-state index contributed by atoms with van der Waals surface area (Å²) in [7, 11) is 0. The summed E-state index contributed by atoms with van der Waals surface area (Å²) >= 11 is 0. The zero-order valence-electron chi connectivity index (χ0n) is 17.0. The number of pyridine rings is 1. The Labute approximate surface area is 174 Å². The normalized spacial score (nSPS) is 11.5. The number of rotatable bonds is 6. The molecule has 0 saturated carbocycles. The van der Waals surface area contributed by atoms with E-state index in [0.29, 0.717) is 12.4 Å². The third kappa shape index (κ3) is 3.58. The van der Waals surface area contributed by atoms with Gasteiger partial charge in [0.05, 0.1) is 23.8 Å². The van der Waals surface area contributed by atoms with Gasteiger partial charge in [-0.25, -0.2) is 0 Å².